The van der Waals surface area contributed by atoms with E-state index in [0.717, 1.165) is 0 Å². The molecule has 1 fully saturated rings. The summed E-state index contributed by atoms with van der Waals surface area (Å²) in [7, 11) is -2.02. The normalized spacial score (nSPS) is 31.4. The summed E-state index contributed by atoms with van der Waals surface area (Å²) in [4.78, 5) is 0. The van der Waals surface area contributed by atoms with E-state index in [1.165, 1.54) is 0 Å². The molecule has 1 saturated heterocycles. The fourth-order valence-electron chi connectivity index (χ4n) is 3.74. The molecule has 0 radical (unpaired) electrons. The molecular formula is C15H32O5Si. The largest absolute Gasteiger partial charge is 0.413 e. The number of hydrogen-bond acceptors (Lipinski definition) is 5. The van der Waals surface area contributed by atoms with Crippen molar-refractivity contribution in [3.63, 3.8) is 0 Å². The first kappa shape index (κ1) is 19.1. The van der Waals surface area contributed by atoms with Gasteiger partial charge in [-0.1, -0.05) is 41.5 Å². The van der Waals surface area contributed by atoms with Crippen LogP contribution >= 0.6 is 0 Å². The van der Waals surface area contributed by atoms with Crippen LogP contribution in [-0.4, -0.2) is 61.3 Å². The minimum absolute atomic E-state index is 0.0336. The van der Waals surface area contributed by atoms with Crippen LogP contribution in [0.25, 0.3) is 0 Å². The van der Waals surface area contributed by atoms with Crippen LogP contribution in [0.2, 0.25) is 16.6 Å². The first-order chi connectivity index (χ1) is 9.64. The van der Waals surface area contributed by atoms with Gasteiger partial charge in [0, 0.05) is 0 Å². The third-order valence-corrected chi connectivity index (χ3v) is 10.9. The Labute approximate surface area is 129 Å². The van der Waals surface area contributed by atoms with Crippen molar-refractivity contribution in [2.75, 3.05) is 13.2 Å². The van der Waals surface area contributed by atoms with Gasteiger partial charge >= 0.3 is 0 Å². The van der Waals surface area contributed by atoms with Crippen molar-refractivity contribution >= 4 is 8.32 Å². The van der Waals surface area contributed by atoms with Gasteiger partial charge in [-0.25, -0.2) is 0 Å². The average molecular weight is 321 g/mol. The Bertz CT molecular complexity index is 299. The Balaban J connectivity index is 2.78. The Morgan fingerprint density at radius 2 is 1.43 bits per heavy atom. The monoisotopic (exact) mass is 320 g/mol. The second kappa shape index (κ2) is 7.52. The van der Waals surface area contributed by atoms with Crippen molar-refractivity contribution in [3.05, 3.63) is 0 Å². The molecule has 6 heteroatoms. The number of hydrogen-bond donors (Lipinski definition) is 3. The van der Waals surface area contributed by atoms with Gasteiger partial charge in [-0.15, -0.1) is 0 Å². The predicted molar refractivity (Wildman–Crippen MR) is 84.8 cm³/mol. The zero-order valence-electron chi connectivity index (χ0n) is 14.1. The van der Waals surface area contributed by atoms with Gasteiger partial charge in [-0.3, -0.25) is 0 Å². The molecule has 0 bridgehead atoms. The molecule has 0 unspecified atom stereocenters. The maximum atomic E-state index is 10.0. The van der Waals surface area contributed by atoms with Gasteiger partial charge in [0.05, 0.1) is 13.2 Å². The van der Waals surface area contributed by atoms with Crippen LogP contribution in [0.4, 0.5) is 0 Å². The SMILES string of the molecule is CC(C)[Si](OC[C@H]1OC[C@H](O)[C@@H](O)[C@@H]1O)(C(C)C)C(C)C. The lowest BCUT2D eigenvalue weighted by atomic mass is 10.0. The number of rotatable bonds is 6. The minimum atomic E-state index is -2.02. The fourth-order valence-corrected chi connectivity index (χ4v) is 9.19. The quantitative estimate of drug-likeness (QED) is 0.649. The van der Waals surface area contributed by atoms with Gasteiger partial charge in [0.1, 0.15) is 24.4 Å². The molecule has 0 amide bonds. The van der Waals surface area contributed by atoms with E-state index >= 15 is 0 Å². The van der Waals surface area contributed by atoms with E-state index in [0.29, 0.717) is 16.6 Å². The van der Waals surface area contributed by atoms with Gasteiger partial charge in [0.2, 0.25) is 0 Å². The molecule has 0 saturated carbocycles. The highest BCUT2D eigenvalue weighted by molar-refractivity contribution is 6.77. The highest BCUT2D eigenvalue weighted by Gasteiger charge is 2.46. The Hall–Kier alpha value is 0.0169. The zero-order valence-corrected chi connectivity index (χ0v) is 15.1. The third kappa shape index (κ3) is 3.86. The number of aliphatic hydroxyl groups excluding tert-OH is 3. The molecule has 4 atom stereocenters. The topological polar surface area (TPSA) is 79.2 Å². The second-order valence-corrected chi connectivity index (χ2v) is 12.5. The summed E-state index contributed by atoms with van der Waals surface area (Å²) in [6.07, 6.45) is -3.88. The van der Waals surface area contributed by atoms with Crippen molar-refractivity contribution in [2.24, 2.45) is 0 Å². The first-order valence-electron chi connectivity index (χ1n) is 7.94. The third-order valence-electron chi connectivity index (χ3n) is 4.81. The standard InChI is InChI=1S/C15H32O5Si/c1-9(2)21(10(3)4,11(5)6)20-8-13-15(18)14(17)12(16)7-19-13/h9-18H,7-8H2,1-6H3/t12-,13+,14+,15+/m0/s1. The molecule has 0 aromatic rings. The van der Waals surface area contributed by atoms with E-state index < -0.39 is 32.7 Å². The van der Waals surface area contributed by atoms with E-state index in [4.69, 9.17) is 9.16 Å². The predicted octanol–water partition coefficient (Wildman–Crippen LogP) is 1.66. The van der Waals surface area contributed by atoms with E-state index in [1.807, 2.05) is 0 Å². The maximum Gasteiger partial charge on any atom is 0.200 e. The molecule has 21 heavy (non-hydrogen) atoms. The molecule has 3 N–H and O–H groups in total. The van der Waals surface area contributed by atoms with Crippen molar-refractivity contribution in [1.82, 2.24) is 0 Å². The molecule has 1 aliphatic heterocycles. The molecule has 0 aromatic carbocycles. The summed E-state index contributed by atoms with van der Waals surface area (Å²) < 4.78 is 11.8. The van der Waals surface area contributed by atoms with Crippen molar-refractivity contribution in [2.45, 2.75) is 82.6 Å². The number of ether oxygens (including phenoxy) is 1. The van der Waals surface area contributed by atoms with Gasteiger partial charge < -0.3 is 24.5 Å². The van der Waals surface area contributed by atoms with E-state index in [-0.39, 0.29) is 13.2 Å². The van der Waals surface area contributed by atoms with Crippen molar-refractivity contribution in [1.29, 1.82) is 0 Å². The molecular weight excluding hydrogens is 288 g/mol. The van der Waals surface area contributed by atoms with E-state index in [9.17, 15) is 15.3 Å². The van der Waals surface area contributed by atoms with Crippen LogP contribution < -0.4 is 0 Å². The first-order valence-corrected chi connectivity index (χ1v) is 10.1. The van der Waals surface area contributed by atoms with E-state index in [1.54, 1.807) is 0 Å². The summed E-state index contributed by atoms with van der Waals surface area (Å²) in [5.74, 6) is 0. The van der Waals surface area contributed by atoms with Crippen molar-refractivity contribution in [3.8, 4) is 0 Å². The van der Waals surface area contributed by atoms with Gasteiger partial charge in [0.15, 0.2) is 8.32 Å². The molecule has 1 heterocycles. The molecule has 0 aromatic heterocycles. The van der Waals surface area contributed by atoms with Crippen LogP contribution in [0.3, 0.4) is 0 Å². The van der Waals surface area contributed by atoms with Gasteiger partial charge in [-0.2, -0.15) is 0 Å². The Morgan fingerprint density at radius 3 is 1.86 bits per heavy atom. The maximum absolute atomic E-state index is 10.0. The molecule has 126 valence electrons. The summed E-state index contributed by atoms with van der Waals surface area (Å²) in [6, 6.07) is 0. The van der Waals surface area contributed by atoms with Crippen LogP contribution in [0.5, 0.6) is 0 Å². The van der Waals surface area contributed by atoms with Crippen LogP contribution in [0.15, 0.2) is 0 Å². The summed E-state index contributed by atoms with van der Waals surface area (Å²) in [5, 5.41) is 29.3. The summed E-state index contributed by atoms with van der Waals surface area (Å²) in [5.41, 5.74) is 1.36. The zero-order chi connectivity index (χ0) is 16.4. The minimum Gasteiger partial charge on any atom is -0.413 e. The Morgan fingerprint density at radius 1 is 0.952 bits per heavy atom. The molecule has 0 spiro atoms. The lowest BCUT2D eigenvalue weighted by Gasteiger charge is -2.44. The van der Waals surface area contributed by atoms with Crippen molar-refractivity contribution < 1.29 is 24.5 Å². The second-order valence-electron chi connectivity index (χ2n) is 7.05. The molecule has 0 aliphatic carbocycles. The molecule has 1 aliphatic rings. The fraction of sp³-hybridized carbons (Fsp3) is 1.00. The van der Waals surface area contributed by atoms with Crippen LogP contribution in [0.1, 0.15) is 41.5 Å². The molecule has 1 rings (SSSR count). The van der Waals surface area contributed by atoms with Gasteiger partial charge in [0.25, 0.3) is 0 Å². The van der Waals surface area contributed by atoms with Gasteiger partial charge in [-0.05, 0) is 16.6 Å². The van der Waals surface area contributed by atoms with Crippen LogP contribution in [0, 0.1) is 0 Å². The van der Waals surface area contributed by atoms with E-state index in [2.05, 4.69) is 41.5 Å². The smallest absolute Gasteiger partial charge is 0.200 e. The number of aliphatic hydroxyl groups is 3. The Kier molecular flexibility index (Phi) is 6.83. The highest BCUT2D eigenvalue weighted by Crippen LogP contribution is 2.42. The lowest BCUT2D eigenvalue weighted by molar-refractivity contribution is -0.194. The average Bonchev–Trinajstić information content (AvgIpc) is 2.37. The highest BCUT2D eigenvalue weighted by atomic mass is 28.4. The summed E-state index contributed by atoms with van der Waals surface area (Å²) in [6.45, 7) is 13.5. The lowest BCUT2D eigenvalue weighted by Crippen LogP contribution is -2.56. The van der Waals surface area contributed by atoms with Crippen LogP contribution in [-0.2, 0) is 9.16 Å². The summed E-state index contributed by atoms with van der Waals surface area (Å²) >= 11 is 0. The molecule has 5 nitrogen and oxygen atoms in total.